The Labute approximate surface area is 127 Å². The van der Waals surface area contributed by atoms with Crippen molar-refractivity contribution in [3.05, 3.63) is 35.4 Å². The fraction of sp³-hybridized carbons (Fsp3) is 0.375. The predicted octanol–water partition coefficient (Wildman–Crippen LogP) is 1.12. The van der Waals surface area contributed by atoms with Crippen molar-refractivity contribution in [1.29, 1.82) is 0 Å². The second-order valence-electron chi connectivity index (χ2n) is 5.57. The fourth-order valence-electron chi connectivity index (χ4n) is 3.18. The van der Waals surface area contributed by atoms with Gasteiger partial charge in [-0.1, -0.05) is 12.2 Å². The Bertz CT molecular complexity index is 692. The number of esters is 1. The third kappa shape index (κ3) is 1.77. The number of ketones is 1. The number of rotatable bonds is 1. The number of fused-ring (bicyclic) bond motifs is 2. The summed E-state index contributed by atoms with van der Waals surface area (Å²) in [6, 6.07) is 3.01. The first-order valence-corrected chi connectivity index (χ1v) is 6.91. The lowest BCUT2D eigenvalue weighted by atomic mass is 9.71. The number of hydrogen-bond donors (Lipinski definition) is 2. The molecule has 1 aromatic carbocycles. The Hall–Kier alpha value is -2.34. The van der Waals surface area contributed by atoms with Gasteiger partial charge in [-0.15, -0.1) is 0 Å². The Balaban J connectivity index is 2.24. The number of carbonyl (C=O) groups is 2. The van der Waals surface area contributed by atoms with Crippen molar-refractivity contribution in [2.24, 2.45) is 5.92 Å². The molecule has 2 aliphatic rings. The van der Waals surface area contributed by atoms with Gasteiger partial charge in [-0.3, -0.25) is 4.79 Å². The summed E-state index contributed by atoms with van der Waals surface area (Å²) in [6.45, 7) is 1.72. The number of methoxy groups -OCH3 is 1. The van der Waals surface area contributed by atoms with Gasteiger partial charge >= 0.3 is 5.97 Å². The van der Waals surface area contributed by atoms with Crippen LogP contribution in [0.2, 0.25) is 0 Å². The van der Waals surface area contributed by atoms with Crippen molar-refractivity contribution in [3.63, 3.8) is 0 Å². The van der Waals surface area contributed by atoms with E-state index < -0.39 is 29.4 Å². The van der Waals surface area contributed by atoms with E-state index in [2.05, 4.69) is 0 Å². The lowest BCUT2D eigenvalue weighted by Gasteiger charge is -2.44. The average molecular weight is 304 g/mol. The molecule has 2 N–H and O–H groups in total. The molecule has 0 fully saturated rings. The average Bonchev–Trinajstić information content (AvgIpc) is 2.47. The zero-order valence-corrected chi connectivity index (χ0v) is 12.2. The van der Waals surface area contributed by atoms with E-state index in [1.807, 2.05) is 0 Å². The highest BCUT2D eigenvalue weighted by Gasteiger charge is 2.61. The van der Waals surface area contributed by atoms with Crippen molar-refractivity contribution in [2.45, 2.75) is 25.0 Å². The minimum absolute atomic E-state index is 0.0395. The SMILES string of the molecule is COC(=O)C12Oc3cc(C)cc(O)c3C(=O)C1CC=CC2O. The summed E-state index contributed by atoms with van der Waals surface area (Å²) in [6.07, 6.45) is 1.95. The predicted molar refractivity (Wildman–Crippen MR) is 75.8 cm³/mol. The zero-order chi connectivity index (χ0) is 16.1. The Morgan fingerprint density at radius 1 is 1.45 bits per heavy atom. The summed E-state index contributed by atoms with van der Waals surface area (Å²) in [7, 11) is 1.18. The number of Topliss-reactive ketones (excluding diaryl/α,β-unsaturated/α-hetero) is 1. The number of phenolic OH excluding ortho intramolecular Hbond substituents is 1. The van der Waals surface area contributed by atoms with Crippen molar-refractivity contribution < 1.29 is 29.3 Å². The number of aryl methyl sites for hydroxylation is 1. The maximum atomic E-state index is 12.8. The van der Waals surface area contributed by atoms with Gasteiger partial charge in [0, 0.05) is 0 Å². The van der Waals surface area contributed by atoms with Crippen LogP contribution in [0.15, 0.2) is 24.3 Å². The van der Waals surface area contributed by atoms with Crippen LogP contribution in [0.3, 0.4) is 0 Å². The summed E-state index contributed by atoms with van der Waals surface area (Å²) >= 11 is 0. The third-order valence-corrected chi connectivity index (χ3v) is 4.22. The van der Waals surface area contributed by atoms with Gasteiger partial charge in [0.1, 0.15) is 23.2 Å². The molecular formula is C16H16O6. The molecule has 0 saturated carbocycles. The fourth-order valence-corrected chi connectivity index (χ4v) is 3.18. The van der Waals surface area contributed by atoms with E-state index in [4.69, 9.17) is 9.47 Å². The molecule has 0 bridgehead atoms. The van der Waals surface area contributed by atoms with Crippen LogP contribution in [-0.4, -0.2) is 40.8 Å². The van der Waals surface area contributed by atoms with E-state index in [0.717, 1.165) is 0 Å². The molecule has 0 aromatic heterocycles. The zero-order valence-electron chi connectivity index (χ0n) is 12.2. The monoisotopic (exact) mass is 304 g/mol. The van der Waals surface area contributed by atoms with Crippen LogP contribution in [0.1, 0.15) is 22.3 Å². The summed E-state index contributed by atoms with van der Waals surface area (Å²) in [5.74, 6) is -2.30. The maximum absolute atomic E-state index is 12.8. The first kappa shape index (κ1) is 14.6. The molecule has 3 rings (SSSR count). The van der Waals surface area contributed by atoms with Crippen LogP contribution >= 0.6 is 0 Å². The third-order valence-electron chi connectivity index (χ3n) is 4.22. The molecule has 116 valence electrons. The van der Waals surface area contributed by atoms with E-state index in [1.54, 1.807) is 19.1 Å². The van der Waals surface area contributed by atoms with Crippen LogP contribution in [0.25, 0.3) is 0 Å². The van der Waals surface area contributed by atoms with Gasteiger partial charge in [-0.2, -0.15) is 0 Å². The number of allylic oxidation sites excluding steroid dienone is 1. The molecule has 1 aliphatic carbocycles. The summed E-state index contributed by atoms with van der Waals surface area (Å²) in [5, 5.41) is 20.4. The quantitative estimate of drug-likeness (QED) is 0.596. The molecule has 6 nitrogen and oxygen atoms in total. The van der Waals surface area contributed by atoms with Gasteiger partial charge in [-0.25, -0.2) is 4.79 Å². The van der Waals surface area contributed by atoms with Crippen LogP contribution in [0.4, 0.5) is 0 Å². The van der Waals surface area contributed by atoms with Crippen LogP contribution < -0.4 is 4.74 Å². The van der Waals surface area contributed by atoms with E-state index in [9.17, 15) is 19.8 Å². The Kier molecular flexibility index (Phi) is 3.21. The van der Waals surface area contributed by atoms with E-state index in [0.29, 0.717) is 5.56 Å². The van der Waals surface area contributed by atoms with Gasteiger partial charge < -0.3 is 19.7 Å². The molecule has 1 heterocycles. The van der Waals surface area contributed by atoms with Gasteiger partial charge in [-0.05, 0) is 31.0 Å². The molecule has 6 heteroatoms. The highest BCUT2D eigenvalue weighted by molar-refractivity contribution is 6.08. The summed E-state index contributed by atoms with van der Waals surface area (Å²) in [5.41, 5.74) is -1.10. The molecule has 0 saturated heterocycles. The first-order chi connectivity index (χ1) is 10.4. The van der Waals surface area contributed by atoms with Crippen molar-refractivity contribution >= 4 is 11.8 Å². The van der Waals surface area contributed by atoms with Crippen LogP contribution in [0, 0.1) is 12.8 Å². The molecule has 22 heavy (non-hydrogen) atoms. The minimum atomic E-state index is -1.81. The smallest absolute Gasteiger partial charge is 0.354 e. The number of benzene rings is 1. The lowest BCUT2D eigenvalue weighted by Crippen LogP contribution is -2.64. The number of carbonyl (C=O) groups excluding carboxylic acids is 2. The van der Waals surface area contributed by atoms with Crippen molar-refractivity contribution in [3.8, 4) is 11.5 Å². The molecule has 1 aromatic rings. The van der Waals surface area contributed by atoms with Gasteiger partial charge in [0.2, 0.25) is 5.60 Å². The topological polar surface area (TPSA) is 93.1 Å². The van der Waals surface area contributed by atoms with E-state index in [1.165, 1.54) is 19.3 Å². The molecule has 0 radical (unpaired) electrons. The van der Waals surface area contributed by atoms with E-state index in [-0.39, 0.29) is 23.5 Å². The van der Waals surface area contributed by atoms with Crippen LogP contribution in [0.5, 0.6) is 11.5 Å². The number of aliphatic hydroxyl groups is 1. The normalized spacial score (nSPS) is 29.3. The van der Waals surface area contributed by atoms with Crippen molar-refractivity contribution in [1.82, 2.24) is 0 Å². The number of hydrogen-bond acceptors (Lipinski definition) is 6. The summed E-state index contributed by atoms with van der Waals surface area (Å²) in [4.78, 5) is 25.1. The Morgan fingerprint density at radius 3 is 2.86 bits per heavy atom. The van der Waals surface area contributed by atoms with Crippen LogP contribution in [-0.2, 0) is 9.53 Å². The number of aromatic hydroxyl groups is 1. The first-order valence-electron chi connectivity index (χ1n) is 6.91. The molecule has 0 amide bonds. The standard InChI is InChI=1S/C16H16O6/c1-8-6-10(17)13-11(7-8)22-16(15(20)21-2)9(14(13)19)4-3-5-12(16)18/h3,5-7,9,12,17-18H,4H2,1-2H3. The van der Waals surface area contributed by atoms with Gasteiger partial charge in [0.25, 0.3) is 0 Å². The number of phenols is 1. The maximum Gasteiger partial charge on any atom is 0.354 e. The molecular weight excluding hydrogens is 288 g/mol. The Morgan fingerprint density at radius 2 is 2.18 bits per heavy atom. The molecule has 3 unspecified atom stereocenters. The highest BCUT2D eigenvalue weighted by Crippen LogP contribution is 2.46. The number of ether oxygens (including phenoxy) is 2. The van der Waals surface area contributed by atoms with Gasteiger partial charge in [0.15, 0.2) is 5.78 Å². The molecule has 0 spiro atoms. The number of aliphatic hydroxyl groups excluding tert-OH is 1. The second kappa shape index (κ2) is 4.84. The van der Waals surface area contributed by atoms with Gasteiger partial charge in [0.05, 0.1) is 13.0 Å². The highest BCUT2D eigenvalue weighted by atomic mass is 16.6. The second-order valence-corrected chi connectivity index (χ2v) is 5.57. The largest absolute Gasteiger partial charge is 0.507 e. The van der Waals surface area contributed by atoms with E-state index >= 15 is 0 Å². The molecule has 3 atom stereocenters. The minimum Gasteiger partial charge on any atom is -0.507 e. The van der Waals surface area contributed by atoms with Crippen molar-refractivity contribution in [2.75, 3.05) is 7.11 Å². The lowest BCUT2D eigenvalue weighted by molar-refractivity contribution is -0.174. The summed E-state index contributed by atoms with van der Waals surface area (Å²) < 4.78 is 10.5. The molecule has 1 aliphatic heterocycles.